The number of pyridine rings is 1. The van der Waals surface area contributed by atoms with Gasteiger partial charge in [0, 0.05) is 25.4 Å². The van der Waals surface area contributed by atoms with Crippen LogP contribution >= 0.6 is 0 Å². The second kappa shape index (κ2) is 9.07. The normalized spacial score (nSPS) is 16.2. The third kappa shape index (κ3) is 5.12. The van der Waals surface area contributed by atoms with Crippen molar-refractivity contribution in [1.29, 1.82) is 0 Å². The van der Waals surface area contributed by atoms with Crippen LogP contribution < -0.4 is 10.6 Å². The van der Waals surface area contributed by atoms with E-state index in [1.54, 1.807) is 18.5 Å². The average molecular weight is 384 g/mol. The van der Waals surface area contributed by atoms with Gasteiger partial charge in [-0.3, -0.25) is 19.5 Å². The van der Waals surface area contributed by atoms with Crippen LogP contribution in [-0.4, -0.2) is 40.3 Å². The van der Waals surface area contributed by atoms with Gasteiger partial charge in [0.1, 0.15) is 11.9 Å². The Hall–Kier alpha value is -3.29. The number of halogens is 1. The van der Waals surface area contributed by atoms with E-state index >= 15 is 0 Å². The molecule has 1 aromatic heterocycles. The lowest BCUT2D eigenvalue weighted by Gasteiger charge is -2.13. The largest absolute Gasteiger partial charge is 0.356 e. The summed E-state index contributed by atoms with van der Waals surface area (Å²) in [5.41, 5.74) is 1.60. The molecule has 8 heteroatoms. The van der Waals surface area contributed by atoms with Gasteiger partial charge in [-0.25, -0.2) is 9.18 Å². The van der Waals surface area contributed by atoms with Gasteiger partial charge in [0.05, 0.1) is 6.54 Å². The lowest BCUT2D eigenvalue weighted by atomic mass is 10.1. The molecule has 2 N–H and O–H groups in total. The highest BCUT2D eigenvalue weighted by molar-refractivity contribution is 6.04. The highest BCUT2D eigenvalue weighted by Gasteiger charge is 2.37. The van der Waals surface area contributed by atoms with Crippen molar-refractivity contribution in [1.82, 2.24) is 20.5 Å². The zero-order valence-electron chi connectivity index (χ0n) is 15.2. The molecule has 1 saturated heterocycles. The van der Waals surface area contributed by atoms with Crippen LogP contribution in [0, 0.1) is 5.82 Å². The molecule has 7 nitrogen and oxygen atoms in total. The first-order valence-corrected chi connectivity index (χ1v) is 9.05. The summed E-state index contributed by atoms with van der Waals surface area (Å²) >= 11 is 0. The van der Waals surface area contributed by atoms with Gasteiger partial charge in [0.25, 0.3) is 5.91 Å². The molecule has 0 aliphatic carbocycles. The Kier molecular flexibility index (Phi) is 6.31. The van der Waals surface area contributed by atoms with Gasteiger partial charge in [-0.15, -0.1) is 0 Å². The molecule has 1 aromatic carbocycles. The van der Waals surface area contributed by atoms with E-state index in [0.29, 0.717) is 18.5 Å². The van der Waals surface area contributed by atoms with E-state index in [2.05, 4.69) is 15.6 Å². The van der Waals surface area contributed by atoms with Crippen LogP contribution in [0.3, 0.4) is 0 Å². The molecule has 1 unspecified atom stereocenters. The Bertz CT molecular complexity index is 860. The minimum atomic E-state index is -0.744. The van der Waals surface area contributed by atoms with Crippen molar-refractivity contribution in [2.24, 2.45) is 0 Å². The first-order valence-electron chi connectivity index (χ1n) is 9.05. The Morgan fingerprint density at radius 3 is 2.71 bits per heavy atom. The standard InChI is InChI=1S/C20H21FN4O3/c21-16-3-1-2-15(12-16)13-25-19(27)17(24-20(25)28)4-5-18(26)23-11-8-14-6-9-22-10-7-14/h1-3,6-7,9-10,12,17H,4-5,8,11,13H2,(H,23,26)(H,24,28). The number of hydrogen-bond acceptors (Lipinski definition) is 4. The number of amides is 4. The molecule has 4 amide bonds. The van der Waals surface area contributed by atoms with E-state index < -0.39 is 23.8 Å². The molecule has 1 aliphatic rings. The fourth-order valence-corrected chi connectivity index (χ4v) is 3.00. The number of urea groups is 1. The van der Waals surface area contributed by atoms with Crippen LogP contribution in [0.2, 0.25) is 0 Å². The number of hydrogen-bond donors (Lipinski definition) is 2. The van der Waals surface area contributed by atoms with E-state index in [1.165, 1.54) is 18.2 Å². The maximum Gasteiger partial charge on any atom is 0.325 e. The van der Waals surface area contributed by atoms with Crippen LogP contribution in [0.1, 0.15) is 24.0 Å². The SMILES string of the molecule is O=C(CCC1NC(=O)N(Cc2cccc(F)c2)C1=O)NCCc1ccncc1. The quantitative estimate of drug-likeness (QED) is 0.679. The van der Waals surface area contributed by atoms with Crippen molar-refractivity contribution in [2.75, 3.05) is 6.54 Å². The summed E-state index contributed by atoms with van der Waals surface area (Å²) in [6.07, 6.45) is 4.42. The number of carbonyl (C=O) groups is 3. The molecule has 0 radical (unpaired) electrons. The monoisotopic (exact) mass is 384 g/mol. The summed E-state index contributed by atoms with van der Waals surface area (Å²) in [7, 11) is 0. The Labute approximate surface area is 161 Å². The maximum absolute atomic E-state index is 13.3. The van der Waals surface area contributed by atoms with E-state index in [4.69, 9.17) is 0 Å². The van der Waals surface area contributed by atoms with Crippen molar-refractivity contribution in [3.63, 3.8) is 0 Å². The molecular weight excluding hydrogens is 363 g/mol. The minimum absolute atomic E-state index is 0.00292. The first-order chi connectivity index (χ1) is 13.5. The zero-order chi connectivity index (χ0) is 19.9. The molecule has 2 aromatic rings. The summed E-state index contributed by atoms with van der Waals surface area (Å²) in [5, 5.41) is 5.38. The predicted octanol–water partition coefficient (Wildman–Crippen LogP) is 1.78. The second-order valence-corrected chi connectivity index (χ2v) is 6.55. The van der Waals surface area contributed by atoms with Crippen LogP contribution in [0.25, 0.3) is 0 Å². The van der Waals surface area contributed by atoms with E-state index in [1.807, 2.05) is 12.1 Å². The second-order valence-electron chi connectivity index (χ2n) is 6.55. The number of nitrogens with one attached hydrogen (secondary N) is 2. The van der Waals surface area contributed by atoms with Gasteiger partial charge in [-0.1, -0.05) is 12.1 Å². The summed E-state index contributed by atoms with van der Waals surface area (Å²) in [6.45, 7) is 0.483. The van der Waals surface area contributed by atoms with Crippen molar-refractivity contribution in [2.45, 2.75) is 31.8 Å². The molecule has 1 atom stereocenters. The summed E-state index contributed by atoms with van der Waals surface area (Å²) in [6, 6.07) is 8.24. The Morgan fingerprint density at radius 2 is 1.96 bits per heavy atom. The number of benzene rings is 1. The lowest BCUT2D eigenvalue weighted by molar-refractivity contribution is -0.128. The maximum atomic E-state index is 13.3. The van der Waals surface area contributed by atoms with E-state index in [9.17, 15) is 18.8 Å². The van der Waals surface area contributed by atoms with E-state index in [0.717, 1.165) is 10.5 Å². The van der Waals surface area contributed by atoms with E-state index in [-0.39, 0.29) is 25.3 Å². The van der Waals surface area contributed by atoms with Gasteiger partial charge in [-0.2, -0.15) is 0 Å². The van der Waals surface area contributed by atoms with Crippen LogP contribution in [0.5, 0.6) is 0 Å². The number of nitrogens with zero attached hydrogens (tertiary/aromatic N) is 2. The molecule has 0 bridgehead atoms. The van der Waals surface area contributed by atoms with Gasteiger partial charge >= 0.3 is 6.03 Å². The number of aromatic nitrogens is 1. The summed E-state index contributed by atoms with van der Waals surface area (Å²) < 4.78 is 13.3. The first kappa shape index (κ1) is 19.5. The molecular formula is C20H21FN4O3. The highest BCUT2D eigenvalue weighted by atomic mass is 19.1. The smallest absolute Gasteiger partial charge is 0.325 e. The number of rotatable bonds is 8. The lowest BCUT2D eigenvalue weighted by Crippen LogP contribution is -2.33. The minimum Gasteiger partial charge on any atom is -0.356 e. The van der Waals surface area contributed by atoms with Gasteiger partial charge in [-0.05, 0) is 48.2 Å². The van der Waals surface area contributed by atoms with Crippen molar-refractivity contribution < 1.29 is 18.8 Å². The van der Waals surface area contributed by atoms with Gasteiger partial charge in [0.15, 0.2) is 0 Å². The average Bonchev–Trinajstić information content (AvgIpc) is 2.95. The number of imide groups is 1. The topological polar surface area (TPSA) is 91.4 Å². The third-order valence-electron chi connectivity index (χ3n) is 4.48. The van der Waals surface area contributed by atoms with Crippen molar-refractivity contribution in [3.8, 4) is 0 Å². The molecule has 0 saturated carbocycles. The van der Waals surface area contributed by atoms with Gasteiger partial charge < -0.3 is 10.6 Å². The fourth-order valence-electron chi connectivity index (χ4n) is 3.00. The fraction of sp³-hybridized carbons (Fsp3) is 0.300. The molecule has 3 rings (SSSR count). The van der Waals surface area contributed by atoms with Gasteiger partial charge in [0.2, 0.25) is 5.91 Å². The molecule has 2 heterocycles. The third-order valence-corrected chi connectivity index (χ3v) is 4.48. The molecule has 146 valence electrons. The summed E-state index contributed by atoms with van der Waals surface area (Å²) in [4.78, 5) is 41.4. The van der Waals surface area contributed by atoms with Crippen molar-refractivity contribution >= 4 is 17.8 Å². The predicted molar refractivity (Wildman–Crippen MR) is 99.5 cm³/mol. The highest BCUT2D eigenvalue weighted by Crippen LogP contribution is 2.15. The zero-order valence-corrected chi connectivity index (χ0v) is 15.2. The van der Waals surface area contributed by atoms with Crippen LogP contribution in [0.15, 0.2) is 48.8 Å². The Balaban J connectivity index is 1.44. The van der Waals surface area contributed by atoms with Crippen LogP contribution in [0.4, 0.5) is 9.18 Å². The number of carbonyl (C=O) groups excluding carboxylic acids is 3. The Morgan fingerprint density at radius 1 is 1.18 bits per heavy atom. The van der Waals surface area contributed by atoms with Crippen molar-refractivity contribution in [3.05, 3.63) is 65.7 Å². The molecule has 0 spiro atoms. The summed E-state index contributed by atoms with van der Waals surface area (Å²) in [5.74, 6) is -1.01. The molecule has 1 aliphatic heterocycles. The molecule has 1 fully saturated rings. The van der Waals surface area contributed by atoms with Crippen LogP contribution in [-0.2, 0) is 22.6 Å². The molecule has 28 heavy (non-hydrogen) atoms.